The number of benzene rings is 2. The molecule has 0 aliphatic rings. The summed E-state index contributed by atoms with van der Waals surface area (Å²) in [6.07, 6.45) is 1.40. The van der Waals surface area contributed by atoms with Crippen molar-refractivity contribution in [2.24, 2.45) is 5.10 Å². The molecule has 0 bridgehead atoms. The molecule has 0 radical (unpaired) electrons. The molecule has 0 saturated carbocycles. The smallest absolute Gasteiger partial charge is 0.341 e. The van der Waals surface area contributed by atoms with E-state index in [2.05, 4.69) is 41.9 Å². The predicted molar refractivity (Wildman–Crippen MR) is 128 cm³/mol. The van der Waals surface area contributed by atoms with E-state index < -0.39 is 18.0 Å². The van der Waals surface area contributed by atoms with Crippen molar-refractivity contribution in [3.05, 3.63) is 66.0 Å². The summed E-state index contributed by atoms with van der Waals surface area (Å²) < 4.78 is 7.84. The maximum absolute atomic E-state index is 13.2. The molecule has 0 fully saturated rings. The van der Waals surface area contributed by atoms with Crippen molar-refractivity contribution < 1.29 is 14.6 Å². The standard InChI is InChI=1S/C21H18Br2ClN3O4/c1-21(2,3)20-26-16-5-4-12(22)7-14(16)19(30)27(20)25-9-11-6-13(24)8-15(23)18(11)31-10-17(28)29/h4-9H,10H2,1-3H3,(H,28,29). The Morgan fingerprint density at radius 1 is 1.29 bits per heavy atom. The van der Waals surface area contributed by atoms with E-state index in [-0.39, 0.29) is 11.3 Å². The van der Waals surface area contributed by atoms with E-state index in [9.17, 15) is 9.59 Å². The number of carbonyl (C=O) groups is 1. The van der Waals surface area contributed by atoms with Gasteiger partial charge in [0.2, 0.25) is 0 Å². The van der Waals surface area contributed by atoms with Crippen LogP contribution in [0.2, 0.25) is 5.02 Å². The molecule has 162 valence electrons. The van der Waals surface area contributed by atoms with E-state index in [1.165, 1.54) is 10.9 Å². The molecule has 0 spiro atoms. The molecule has 3 rings (SSSR count). The normalized spacial score (nSPS) is 11.9. The first-order valence-corrected chi connectivity index (χ1v) is 11.0. The Hall–Kier alpha value is -2.23. The van der Waals surface area contributed by atoms with Crippen molar-refractivity contribution in [3.8, 4) is 5.75 Å². The van der Waals surface area contributed by atoms with Crippen molar-refractivity contribution in [3.63, 3.8) is 0 Å². The van der Waals surface area contributed by atoms with Crippen LogP contribution in [0.1, 0.15) is 32.2 Å². The van der Waals surface area contributed by atoms with Crippen LogP contribution in [0.25, 0.3) is 10.9 Å². The van der Waals surface area contributed by atoms with E-state index in [0.29, 0.717) is 31.8 Å². The van der Waals surface area contributed by atoms with Gasteiger partial charge in [0.05, 0.1) is 21.6 Å². The number of hydrogen-bond acceptors (Lipinski definition) is 5. The molecule has 2 aromatic carbocycles. The van der Waals surface area contributed by atoms with Crippen molar-refractivity contribution >= 4 is 66.5 Å². The van der Waals surface area contributed by atoms with Crippen LogP contribution in [-0.4, -0.2) is 33.6 Å². The van der Waals surface area contributed by atoms with Gasteiger partial charge in [-0.15, -0.1) is 0 Å². The van der Waals surface area contributed by atoms with Crippen LogP contribution >= 0.6 is 43.5 Å². The minimum Gasteiger partial charge on any atom is -0.480 e. The molecule has 10 heteroatoms. The molecule has 1 heterocycles. The van der Waals surface area contributed by atoms with E-state index in [1.54, 1.807) is 24.3 Å². The number of halogens is 3. The highest BCUT2D eigenvalue weighted by Gasteiger charge is 2.23. The number of nitrogens with zero attached hydrogens (tertiary/aromatic N) is 3. The van der Waals surface area contributed by atoms with Crippen LogP contribution in [0.15, 0.2) is 49.2 Å². The molecule has 0 unspecified atom stereocenters. The number of carboxylic acid groups (broad SMARTS) is 1. The van der Waals surface area contributed by atoms with Gasteiger partial charge in [0.25, 0.3) is 5.56 Å². The molecular weight excluding hydrogens is 554 g/mol. The SMILES string of the molecule is CC(C)(C)c1nc2ccc(Br)cc2c(=O)n1N=Cc1cc(Cl)cc(Br)c1OCC(=O)O. The molecule has 0 amide bonds. The second-order valence-electron chi connectivity index (χ2n) is 7.70. The van der Waals surface area contributed by atoms with E-state index in [4.69, 9.17) is 21.4 Å². The molecule has 7 nitrogen and oxygen atoms in total. The van der Waals surface area contributed by atoms with Crippen LogP contribution in [0.4, 0.5) is 0 Å². The lowest BCUT2D eigenvalue weighted by Gasteiger charge is -2.21. The van der Waals surface area contributed by atoms with Crippen molar-refractivity contribution in [2.75, 3.05) is 6.61 Å². The quantitative estimate of drug-likeness (QED) is 0.424. The topological polar surface area (TPSA) is 93.8 Å². The molecule has 1 aromatic heterocycles. The molecule has 3 aromatic rings. The molecule has 0 saturated heterocycles. The zero-order valence-corrected chi connectivity index (χ0v) is 20.7. The minimum absolute atomic E-state index is 0.248. The maximum atomic E-state index is 13.2. The number of fused-ring (bicyclic) bond motifs is 1. The largest absolute Gasteiger partial charge is 0.480 e. The Labute approximate surface area is 200 Å². The fraction of sp³-hybridized carbons (Fsp3) is 0.238. The Kier molecular flexibility index (Phi) is 6.88. The van der Waals surface area contributed by atoms with Gasteiger partial charge in [0.15, 0.2) is 6.61 Å². The van der Waals surface area contributed by atoms with Gasteiger partial charge in [0.1, 0.15) is 11.6 Å². The molecule has 0 atom stereocenters. The third-order valence-corrected chi connectivity index (χ3v) is 5.47. The molecule has 1 N–H and O–H groups in total. The van der Waals surface area contributed by atoms with Crippen LogP contribution in [0.5, 0.6) is 5.75 Å². The van der Waals surface area contributed by atoms with Crippen LogP contribution in [-0.2, 0) is 10.2 Å². The van der Waals surface area contributed by atoms with Gasteiger partial charge in [-0.3, -0.25) is 4.79 Å². The summed E-state index contributed by atoms with van der Waals surface area (Å²) in [6.45, 7) is 5.26. The highest BCUT2D eigenvalue weighted by molar-refractivity contribution is 9.10. The van der Waals surface area contributed by atoms with Gasteiger partial charge in [-0.2, -0.15) is 9.78 Å². The summed E-state index contributed by atoms with van der Waals surface area (Å²) in [7, 11) is 0. The van der Waals surface area contributed by atoms with E-state index in [0.717, 1.165) is 4.47 Å². The number of ether oxygens (including phenoxy) is 1. The molecule has 31 heavy (non-hydrogen) atoms. The third-order valence-electron chi connectivity index (χ3n) is 4.17. The number of rotatable bonds is 5. The monoisotopic (exact) mass is 569 g/mol. The first-order chi connectivity index (χ1) is 14.5. The van der Waals surface area contributed by atoms with Gasteiger partial charge < -0.3 is 9.84 Å². The van der Waals surface area contributed by atoms with E-state index in [1.807, 2.05) is 26.8 Å². The van der Waals surface area contributed by atoms with Gasteiger partial charge in [0, 0.05) is 20.5 Å². The van der Waals surface area contributed by atoms with Crippen LogP contribution in [0.3, 0.4) is 0 Å². The maximum Gasteiger partial charge on any atom is 0.341 e. The first-order valence-electron chi connectivity index (χ1n) is 9.08. The summed E-state index contributed by atoms with van der Waals surface area (Å²) >= 11 is 12.9. The fourth-order valence-electron chi connectivity index (χ4n) is 2.82. The molecule has 0 aliphatic carbocycles. The van der Waals surface area contributed by atoms with E-state index >= 15 is 0 Å². The number of carboxylic acids is 1. The second-order valence-corrected chi connectivity index (χ2v) is 9.90. The van der Waals surface area contributed by atoms with Gasteiger partial charge in [-0.1, -0.05) is 48.3 Å². The second kappa shape index (κ2) is 9.10. The number of aliphatic carboxylic acids is 1. The Bertz CT molecular complexity index is 1270. The van der Waals surface area contributed by atoms with Crippen molar-refractivity contribution in [1.29, 1.82) is 0 Å². The fourth-order valence-corrected chi connectivity index (χ4v) is 4.13. The Balaban J connectivity index is 2.21. The third kappa shape index (κ3) is 5.34. The molecular formula is C21H18Br2ClN3O4. The summed E-state index contributed by atoms with van der Waals surface area (Å²) in [4.78, 5) is 28.8. The van der Waals surface area contributed by atoms with Crippen molar-refractivity contribution in [1.82, 2.24) is 9.66 Å². The zero-order chi connectivity index (χ0) is 22.9. The first kappa shape index (κ1) is 23.4. The lowest BCUT2D eigenvalue weighted by atomic mass is 9.95. The summed E-state index contributed by atoms with van der Waals surface area (Å²) in [5.41, 5.74) is 0.166. The lowest BCUT2D eigenvalue weighted by Crippen LogP contribution is -2.29. The zero-order valence-electron chi connectivity index (χ0n) is 16.8. The van der Waals surface area contributed by atoms with Gasteiger partial charge >= 0.3 is 5.97 Å². The summed E-state index contributed by atoms with van der Waals surface area (Å²) in [5.74, 6) is -0.407. The molecule has 0 aliphatic heterocycles. The lowest BCUT2D eigenvalue weighted by molar-refractivity contribution is -0.139. The number of hydrogen-bond donors (Lipinski definition) is 1. The van der Waals surface area contributed by atoms with Gasteiger partial charge in [-0.05, 0) is 46.3 Å². The van der Waals surface area contributed by atoms with Gasteiger partial charge in [-0.25, -0.2) is 9.78 Å². The average molecular weight is 572 g/mol. The highest BCUT2D eigenvalue weighted by atomic mass is 79.9. The summed E-state index contributed by atoms with van der Waals surface area (Å²) in [6, 6.07) is 8.44. The number of aromatic nitrogens is 2. The van der Waals surface area contributed by atoms with Crippen molar-refractivity contribution in [2.45, 2.75) is 26.2 Å². The predicted octanol–water partition coefficient (Wildman–Crippen LogP) is 5.22. The highest BCUT2D eigenvalue weighted by Crippen LogP contribution is 2.32. The minimum atomic E-state index is -1.12. The van der Waals surface area contributed by atoms with Crippen LogP contribution in [0, 0.1) is 0 Å². The summed E-state index contributed by atoms with van der Waals surface area (Å²) in [5, 5.41) is 14.1. The average Bonchev–Trinajstić information content (AvgIpc) is 2.65. The van der Waals surface area contributed by atoms with Crippen LogP contribution < -0.4 is 10.3 Å². The Morgan fingerprint density at radius 3 is 2.65 bits per heavy atom. The Morgan fingerprint density at radius 2 is 2.00 bits per heavy atom.